The number of nitrogens with one attached hydrogen (secondary N) is 3. The van der Waals surface area contributed by atoms with E-state index >= 15 is 0 Å². The summed E-state index contributed by atoms with van der Waals surface area (Å²) in [6.07, 6.45) is 2.31. The maximum absolute atomic E-state index is 12.3. The van der Waals surface area contributed by atoms with Crippen LogP contribution >= 0.6 is 0 Å². The van der Waals surface area contributed by atoms with Crippen LogP contribution in [0.25, 0.3) is 33.1 Å². The fourth-order valence-corrected chi connectivity index (χ4v) is 2.80. The van der Waals surface area contributed by atoms with Gasteiger partial charge in [0.15, 0.2) is 5.75 Å². The first-order valence-electron chi connectivity index (χ1n) is 7.69. The van der Waals surface area contributed by atoms with Gasteiger partial charge in [-0.15, -0.1) is 0 Å². The Kier molecular flexibility index (Phi) is 3.50. The largest absolute Gasteiger partial charge is 0.513 e. The number of ether oxygens (including phenoxy) is 2. The Morgan fingerprint density at radius 1 is 1.28 bits per heavy atom. The Morgan fingerprint density at radius 2 is 2.16 bits per heavy atom. The van der Waals surface area contributed by atoms with Gasteiger partial charge in [-0.3, -0.25) is 9.89 Å². The zero-order chi connectivity index (χ0) is 17.4. The van der Waals surface area contributed by atoms with Crippen LogP contribution in [0, 0.1) is 0 Å². The third kappa shape index (κ3) is 2.53. The van der Waals surface area contributed by atoms with Crippen molar-refractivity contribution in [1.29, 1.82) is 0 Å². The highest BCUT2D eigenvalue weighted by Gasteiger charge is 2.16. The Hall–Kier alpha value is -3.55. The van der Waals surface area contributed by atoms with E-state index in [1.807, 2.05) is 18.2 Å². The molecule has 3 aromatic heterocycles. The van der Waals surface area contributed by atoms with Gasteiger partial charge in [0.1, 0.15) is 5.52 Å². The Morgan fingerprint density at radius 3 is 2.92 bits per heavy atom. The van der Waals surface area contributed by atoms with E-state index in [0.717, 1.165) is 16.6 Å². The van der Waals surface area contributed by atoms with E-state index in [1.54, 1.807) is 19.2 Å². The quantitative estimate of drug-likeness (QED) is 0.497. The summed E-state index contributed by atoms with van der Waals surface area (Å²) in [4.78, 5) is 29.6. The Labute approximate surface area is 140 Å². The highest BCUT2D eigenvalue weighted by molar-refractivity contribution is 6.09. The zero-order valence-corrected chi connectivity index (χ0v) is 13.3. The summed E-state index contributed by atoms with van der Waals surface area (Å²) in [7, 11) is 0. The van der Waals surface area contributed by atoms with Crippen molar-refractivity contribution in [2.45, 2.75) is 6.92 Å². The lowest BCUT2D eigenvalue weighted by Crippen LogP contribution is -2.10. The van der Waals surface area contributed by atoms with Crippen molar-refractivity contribution < 1.29 is 14.3 Å². The van der Waals surface area contributed by atoms with Crippen molar-refractivity contribution in [2.24, 2.45) is 0 Å². The lowest BCUT2D eigenvalue weighted by molar-refractivity contribution is 0.105. The van der Waals surface area contributed by atoms with Gasteiger partial charge in [0.2, 0.25) is 0 Å². The molecule has 0 atom stereocenters. The van der Waals surface area contributed by atoms with Crippen LogP contribution in [0.2, 0.25) is 0 Å². The maximum atomic E-state index is 12.3. The van der Waals surface area contributed by atoms with Gasteiger partial charge in [-0.05, 0) is 25.1 Å². The Bertz CT molecular complexity index is 1120. The van der Waals surface area contributed by atoms with Gasteiger partial charge in [0.05, 0.1) is 17.7 Å². The number of H-pyrrole nitrogens is 3. The SMILES string of the molecule is CCOC(=O)Oc1c[nH]c2c(=O)[nH]c3ccc(-c4ccn[nH]4)cc3c12. The van der Waals surface area contributed by atoms with Crippen LogP contribution in [0.15, 0.2) is 41.5 Å². The molecule has 25 heavy (non-hydrogen) atoms. The molecule has 4 aromatic rings. The molecule has 0 aliphatic rings. The maximum Gasteiger partial charge on any atom is 0.513 e. The minimum absolute atomic E-state index is 0.201. The molecule has 0 saturated carbocycles. The highest BCUT2D eigenvalue weighted by Crippen LogP contribution is 2.32. The molecule has 0 amide bonds. The molecule has 126 valence electrons. The van der Waals surface area contributed by atoms with Gasteiger partial charge >= 0.3 is 6.16 Å². The van der Waals surface area contributed by atoms with Crippen molar-refractivity contribution >= 4 is 28.0 Å². The molecule has 3 heterocycles. The van der Waals surface area contributed by atoms with Crippen LogP contribution in [0.1, 0.15) is 6.92 Å². The highest BCUT2D eigenvalue weighted by atomic mass is 16.7. The van der Waals surface area contributed by atoms with E-state index in [2.05, 4.69) is 20.2 Å². The molecule has 8 nitrogen and oxygen atoms in total. The third-order valence-electron chi connectivity index (χ3n) is 3.88. The lowest BCUT2D eigenvalue weighted by Gasteiger charge is -2.06. The smallest absolute Gasteiger partial charge is 0.434 e. The van der Waals surface area contributed by atoms with Gasteiger partial charge in [0, 0.05) is 28.9 Å². The van der Waals surface area contributed by atoms with Gasteiger partial charge in [-0.1, -0.05) is 6.07 Å². The molecule has 0 aliphatic heterocycles. The van der Waals surface area contributed by atoms with Crippen LogP contribution in [0.4, 0.5) is 4.79 Å². The van der Waals surface area contributed by atoms with Crippen molar-refractivity contribution in [3.63, 3.8) is 0 Å². The van der Waals surface area contributed by atoms with E-state index in [1.165, 1.54) is 6.20 Å². The molecule has 3 N–H and O–H groups in total. The second-order valence-electron chi connectivity index (χ2n) is 5.37. The summed E-state index contributed by atoms with van der Waals surface area (Å²) in [6, 6.07) is 7.41. The summed E-state index contributed by atoms with van der Waals surface area (Å²) >= 11 is 0. The van der Waals surface area contributed by atoms with E-state index in [9.17, 15) is 9.59 Å². The summed E-state index contributed by atoms with van der Waals surface area (Å²) < 4.78 is 10.1. The molecule has 1 aromatic carbocycles. The van der Waals surface area contributed by atoms with Crippen LogP contribution in [-0.4, -0.2) is 32.9 Å². The van der Waals surface area contributed by atoms with E-state index in [0.29, 0.717) is 16.4 Å². The van der Waals surface area contributed by atoms with Crippen LogP contribution in [0.5, 0.6) is 5.75 Å². The van der Waals surface area contributed by atoms with Crippen LogP contribution in [-0.2, 0) is 4.74 Å². The van der Waals surface area contributed by atoms with Crippen LogP contribution in [0.3, 0.4) is 0 Å². The van der Waals surface area contributed by atoms with E-state index in [-0.39, 0.29) is 17.9 Å². The number of aromatic nitrogens is 4. The average molecular weight is 338 g/mol. The topological polar surface area (TPSA) is 113 Å². The predicted molar refractivity (Wildman–Crippen MR) is 91.7 cm³/mol. The first kappa shape index (κ1) is 15.0. The second kappa shape index (κ2) is 5.82. The number of carbonyl (C=O) groups excluding carboxylic acids is 1. The summed E-state index contributed by atoms with van der Waals surface area (Å²) in [6.45, 7) is 1.89. The van der Waals surface area contributed by atoms with Gasteiger partial charge in [-0.25, -0.2) is 4.79 Å². The molecule has 0 aliphatic carbocycles. The predicted octanol–water partition coefficient (Wildman–Crippen LogP) is 2.93. The summed E-state index contributed by atoms with van der Waals surface area (Å²) in [5, 5.41) is 8.11. The summed E-state index contributed by atoms with van der Waals surface area (Å²) in [5.74, 6) is 0.242. The number of pyridine rings is 1. The van der Waals surface area contributed by atoms with E-state index in [4.69, 9.17) is 9.47 Å². The average Bonchev–Trinajstić information content (AvgIpc) is 3.25. The van der Waals surface area contributed by atoms with Gasteiger partial charge < -0.3 is 19.4 Å². The molecular weight excluding hydrogens is 324 g/mol. The number of hydrogen-bond acceptors (Lipinski definition) is 5. The minimum atomic E-state index is -0.818. The molecule has 0 saturated heterocycles. The molecule has 8 heteroatoms. The van der Waals surface area contributed by atoms with Gasteiger partial charge in [-0.2, -0.15) is 5.10 Å². The van der Waals surface area contributed by atoms with Crippen LogP contribution < -0.4 is 10.3 Å². The van der Waals surface area contributed by atoms with Crippen molar-refractivity contribution in [2.75, 3.05) is 6.61 Å². The number of hydrogen-bond donors (Lipinski definition) is 3. The van der Waals surface area contributed by atoms with Crippen molar-refractivity contribution in [3.05, 3.63) is 47.0 Å². The number of rotatable bonds is 3. The molecule has 0 bridgehead atoms. The minimum Gasteiger partial charge on any atom is -0.434 e. The fourth-order valence-electron chi connectivity index (χ4n) is 2.80. The second-order valence-corrected chi connectivity index (χ2v) is 5.37. The third-order valence-corrected chi connectivity index (χ3v) is 3.88. The molecular formula is C17H14N4O4. The standard InChI is InChI=1S/C17H14N4O4/c1-2-24-17(23)25-13-8-18-15-14(13)10-7-9(11-5-6-19-21-11)3-4-12(10)20-16(15)22/h3-8,18H,2H2,1H3,(H,19,21)(H,20,22). The number of nitrogens with zero attached hydrogens (tertiary/aromatic N) is 1. The first-order valence-corrected chi connectivity index (χ1v) is 7.69. The van der Waals surface area contributed by atoms with E-state index < -0.39 is 6.16 Å². The van der Waals surface area contributed by atoms with Crippen molar-refractivity contribution in [3.8, 4) is 17.0 Å². The first-order chi connectivity index (χ1) is 12.2. The monoisotopic (exact) mass is 338 g/mol. The zero-order valence-electron chi connectivity index (χ0n) is 13.3. The Balaban J connectivity index is 1.95. The number of carbonyl (C=O) groups is 1. The lowest BCUT2D eigenvalue weighted by atomic mass is 10.1. The fraction of sp³-hybridized carbons (Fsp3) is 0.118. The van der Waals surface area contributed by atoms with Crippen molar-refractivity contribution in [1.82, 2.24) is 20.2 Å². The molecule has 0 radical (unpaired) electrons. The molecule has 0 fully saturated rings. The number of benzene rings is 1. The number of aromatic amines is 3. The summed E-state index contributed by atoms with van der Waals surface area (Å²) in [5.41, 5.74) is 2.39. The normalized spacial score (nSPS) is 11.1. The molecule has 0 spiro atoms. The molecule has 4 rings (SSSR count). The number of fused-ring (bicyclic) bond motifs is 3. The molecule has 0 unspecified atom stereocenters. The van der Waals surface area contributed by atoms with Gasteiger partial charge in [0.25, 0.3) is 5.56 Å².